The monoisotopic (exact) mass is 328 g/mol. The molecule has 23 heavy (non-hydrogen) atoms. The average Bonchev–Trinajstić information content (AvgIpc) is 2.89. The van der Waals surface area contributed by atoms with E-state index in [1.54, 1.807) is 18.2 Å². The molecule has 0 aliphatic rings. The van der Waals surface area contributed by atoms with Gasteiger partial charge in [-0.15, -0.1) is 0 Å². The van der Waals surface area contributed by atoms with Crippen LogP contribution < -0.4 is 5.32 Å². The summed E-state index contributed by atoms with van der Waals surface area (Å²) in [5, 5.41) is 3.47. The minimum atomic E-state index is -0.00540. The molecule has 0 aliphatic carbocycles. The number of carbonyl (C=O) groups excluding carboxylic acids is 1. The van der Waals surface area contributed by atoms with Gasteiger partial charge in [0.2, 0.25) is 11.8 Å². The topological polar surface area (TPSA) is 55.1 Å². The van der Waals surface area contributed by atoms with Crippen LogP contribution in [-0.4, -0.2) is 10.9 Å². The Hall–Kier alpha value is -2.33. The van der Waals surface area contributed by atoms with Gasteiger partial charge in [-0.3, -0.25) is 4.79 Å². The zero-order chi connectivity index (χ0) is 16.4. The number of carbonyl (C=O) groups is 1. The molecular weight excluding hydrogens is 312 g/mol. The highest BCUT2D eigenvalue weighted by Gasteiger charge is 2.12. The summed E-state index contributed by atoms with van der Waals surface area (Å²) in [5.41, 5.74) is 2.79. The molecule has 118 valence electrons. The number of hydrogen-bond donors (Lipinski definition) is 1. The summed E-state index contributed by atoms with van der Waals surface area (Å²) in [6.45, 7) is 4.02. The molecule has 0 bridgehead atoms. The zero-order valence-electron chi connectivity index (χ0n) is 13.0. The predicted octanol–water partition coefficient (Wildman–Crippen LogP) is 5.13. The smallest absolute Gasteiger partial charge is 0.228 e. The van der Waals surface area contributed by atoms with Crippen LogP contribution in [0.25, 0.3) is 22.6 Å². The van der Waals surface area contributed by atoms with Gasteiger partial charge in [-0.2, -0.15) is 0 Å². The molecule has 0 saturated heterocycles. The molecule has 4 nitrogen and oxygen atoms in total. The van der Waals surface area contributed by atoms with Gasteiger partial charge in [0.25, 0.3) is 0 Å². The van der Waals surface area contributed by atoms with Crippen molar-refractivity contribution in [3.05, 3.63) is 47.5 Å². The zero-order valence-corrected chi connectivity index (χ0v) is 13.7. The van der Waals surface area contributed by atoms with E-state index >= 15 is 0 Å². The maximum absolute atomic E-state index is 11.9. The second kappa shape index (κ2) is 6.42. The van der Waals surface area contributed by atoms with Gasteiger partial charge in [0.05, 0.1) is 10.6 Å². The van der Waals surface area contributed by atoms with E-state index in [2.05, 4.69) is 10.3 Å². The summed E-state index contributed by atoms with van der Waals surface area (Å²) in [4.78, 5) is 16.3. The molecule has 1 amide bonds. The lowest BCUT2D eigenvalue weighted by Crippen LogP contribution is -2.13. The number of halogens is 1. The van der Waals surface area contributed by atoms with Crippen molar-refractivity contribution in [1.82, 2.24) is 4.98 Å². The van der Waals surface area contributed by atoms with Gasteiger partial charge in [0.15, 0.2) is 5.58 Å². The van der Waals surface area contributed by atoms with Gasteiger partial charge in [-0.1, -0.05) is 37.6 Å². The van der Waals surface area contributed by atoms with Gasteiger partial charge in [0, 0.05) is 12.1 Å². The lowest BCUT2D eigenvalue weighted by molar-refractivity contribution is -0.116. The Kier molecular flexibility index (Phi) is 4.35. The van der Waals surface area contributed by atoms with E-state index in [9.17, 15) is 4.79 Å². The fourth-order valence-electron chi connectivity index (χ4n) is 2.34. The number of anilines is 1. The Labute approximate surface area is 139 Å². The van der Waals surface area contributed by atoms with E-state index in [1.807, 2.05) is 38.1 Å². The Balaban J connectivity index is 1.89. The molecule has 3 aromatic rings. The largest absolute Gasteiger partial charge is 0.436 e. The predicted molar refractivity (Wildman–Crippen MR) is 92.5 cm³/mol. The molecule has 1 heterocycles. The number of nitrogens with zero attached hydrogens (tertiary/aromatic N) is 1. The van der Waals surface area contributed by atoms with Crippen molar-refractivity contribution in [2.24, 2.45) is 5.92 Å². The van der Waals surface area contributed by atoms with Crippen molar-refractivity contribution in [2.45, 2.75) is 20.3 Å². The summed E-state index contributed by atoms with van der Waals surface area (Å²) in [7, 11) is 0. The summed E-state index contributed by atoms with van der Waals surface area (Å²) in [5.74, 6) is 0.781. The molecular formula is C18H17ClN2O2. The summed E-state index contributed by atoms with van der Waals surface area (Å²) in [6.07, 6.45) is 0.488. The van der Waals surface area contributed by atoms with Gasteiger partial charge >= 0.3 is 0 Å². The van der Waals surface area contributed by atoms with Crippen LogP contribution in [0.4, 0.5) is 5.69 Å². The average molecular weight is 329 g/mol. The molecule has 1 N–H and O–H groups in total. The summed E-state index contributed by atoms with van der Waals surface area (Å²) < 4.78 is 5.75. The quantitative estimate of drug-likeness (QED) is 0.722. The second-order valence-corrected chi connectivity index (χ2v) is 6.23. The van der Waals surface area contributed by atoms with E-state index in [-0.39, 0.29) is 5.91 Å². The SMILES string of the molecule is CC(C)CC(=O)Nc1ccc2oc(-c3ccccc3Cl)nc2c1. The highest BCUT2D eigenvalue weighted by Crippen LogP contribution is 2.30. The fraction of sp³-hybridized carbons (Fsp3) is 0.222. The van der Waals surface area contributed by atoms with E-state index in [4.69, 9.17) is 16.0 Å². The molecule has 1 aromatic heterocycles. The van der Waals surface area contributed by atoms with Gasteiger partial charge in [0.1, 0.15) is 5.52 Å². The molecule has 3 rings (SSSR count). The van der Waals surface area contributed by atoms with Gasteiger partial charge < -0.3 is 9.73 Å². The standard InChI is InChI=1S/C18H17ClN2O2/c1-11(2)9-17(22)20-12-7-8-16-15(10-12)21-18(23-16)13-5-3-4-6-14(13)19/h3-8,10-11H,9H2,1-2H3,(H,20,22). The molecule has 0 spiro atoms. The Bertz CT molecular complexity index is 855. The summed E-state index contributed by atoms with van der Waals surface area (Å²) >= 11 is 6.18. The fourth-order valence-corrected chi connectivity index (χ4v) is 2.55. The normalized spacial score (nSPS) is 11.1. The van der Waals surface area contributed by atoms with E-state index < -0.39 is 0 Å². The van der Waals surface area contributed by atoms with Crippen LogP contribution in [0.1, 0.15) is 20.3 Å². The first-order chi connectivity index (χ1) is 11.0. The number of oxazole rings is 1. The first-order valence-electron chi connectivity index (χ1n) is 7.48. The third kappa shape index (κ3) is 3.54. The maximum Gasteiger partial charge on any atom is 0.228 e. The molecule has 5 heteroatoms. The molecule has 0 saturated carbocycles. The van der Waals surface area contributed by atoms with Crippen molar-refractivity contribution in [3.63, 3.8) is 0 Å². The third-order valence-electron chi connectivity index (χ3n) is 3.37. The van der Waals surface area contributed by atoms with Crippen LogP contribution in [0.2, 0.25) is 5.02 Å². The number of nitrogens with one attached hydrogen (secondary N) is 1. The number of amides is 1. The van der Waals surface area contributed by atoms with E-state index in [0.717, 1.165) is 5.56 Å². The number of aromatic nitrogens is 1. The highest BCUT2D eigenvalue weighted by molar-refractivity contribution is 6.33. The lowest BCUT2D eigenvalue weighted by Gasteiger charge is -2.06. The number of fused-ring (bicyclic) bond motifs is 1. The number of rotatable bonds is 4. The number of hydrogen-bond acceptors (Lipinski definition) is 3. The first kappa shape index (κ1) is 15.6. The maximum atomic E-state index is 11.9. The van der Waals surface area contributed by atoms with Crippen molar-refractivity contribution in [2.75, 3.05) is 5.32 Å². The summed E-state index contributed by atoms with van der Waals surface area (Å²) in [6, 6.07) is 12.8. The van der Waals surface area contributed by atoms with Crippen LogP contribution in [0.15, 0.2) is 46.9 Å². The molecule has 0 atom stereocenters. The van der Waals surface area contributed by atoms with Crippen molar-refractivity contribution in [3.8, 4) is 11.5 Å². The number of benzene rings is 2. The van der Waals surface area contributed by atoms with Crippen molar-refractivity contribution in [1.29, 1.82) is 0 Å². The Morgan fingerprint density at radius 1 is 1.26 bits per heavy atom. The van der Waals surface area contributed by atoms with Crippen LogP contribution in [0, 0.1) is 5.92 Å². The second-order valence-electron chi connectivity index (χ2n) is 5.83. The highest BCUT2D eigenvalue weighted by atomic mass is 35.5. The van der Waals surface area contributed by atoms with Crippen molar-refractivity contribution < 1.29 is 9.21 Å². The molecule has 0 unspecified atom stereocenters. The molecule has 0 radical (unpaired) electrons. The lowest BCUT2D eigenvalue weighted by atomic mass is 10.1. The van der Waals surface area contributed by atoms with Crippen LogP contribution in [-0.2, 0) is 4.79 Å². The van der Waals surface area contributed by atoms with Gasteiger partial charge in [-0.25, -0.2) is 4.98 Å². The minimum Gasteiger partial charge on any atom is -0.436 e. The van der Waals surface area contributed by atoms with Gasteiger partial charge in [-0.05, 0) is 36.2 Å². The van der Waals surface area contributed by atoms with Crippen LogP contribution >= 0.6 is 11.6 Å². The molecule has 2 aromatic carbocycles. The molecule has 0 fully saturated rings. The van der Waals surface area contributed by atoms with E-state index in [0.29, 0.717) is 40.0 Å². The Morgan fingerprint density at radius 2 is 2.04 bits per heavy atom. The first-order valence-corrected chi connectivity index (χ1v) is 7.86. The minimum absolute atomic E-state index is 0.00540. The van der Waals surface area contributed by atoms with E-state index in [1.165, 1.54) is 0 Å². The molecule has 0 aliphatic heterocycles. The third-order valence-corrected chi connectivity index (χ3v) is 3.70. The van der Waals surface area contributed by atoms with Crippen LogP contribution in [0.5, 0.6) is 0 Å². The van der Waals surface area contributed by atoms with Crippen molar-refractivity contribution >= 4 is 34.3 Å². The van der Waals surface area contributed by atoms with Crippen LogP contribution in [0.3, 0.4) is 0 Å². The Morgan fingerprint density at radius 3 is 2.78 bits per heavy atom.